The summed E-state index contributed by atoms with van der Waals surface area (Å²) < 4.78 is 25.9. The summed E-state index contributed by atoms with van der Waals surface area (Å²) >= 11 is 4.80. The first-order valence-corrected chi connectivity index (χ1v) is 6.61. The molecule has 0 bridgehead atoms. The number of carbonyl (C=O) groups is 1. The van der Waals surface area contributed by atoms with Crippen LogP contribution < -0.4 is 5.69 Å². The van der Waals surface area contributed by atoms with Crippen LogP contribution in [0.1, 0.15) is 20.1 Å². The number of rotatable bonds is 3. The lowest BCUT2D eigenvalue weighted by Gasteiger charge is -2.24. The van der Waals surface area contributed by atoms with Crippen LogP contribution in [0.3, 0.4) is 0 Å². The third-order valence-electron chi connectivity index (χ3n) is 3.27. The van der Waals surface area contributed by atoms with Gasteiger partial charge < -0.3 is 14.6 Å². The normalized spacial score (nSPS) is 32.1. The van der Waals surface area contributed by atoms with E-state index >= 15 is 0 Å². The lowest BCUT2D eigenvalue weighted by atomic mass is 9.98. The number of hydrogen-bond donors (Lipinski definition) is 2. The van der Waals surface area contributed by atoms with Crippen molar-refractivity contribution in [2.24, 2.45) is 0 Å². The van der Waals surface area contributed by atoms with Crippen LogP contribution in [-0.4, -0.2) is 45.1 Å². The molecule has 1 saturated heterocycles. The van der Waals surface area contributed by atoms with E-state index in [1.807, 2.05) is 0 Å². The van der Waals surface area contributed by atoms with E-state index < -0.39 is 35.8 Å². The zero-order valence-electron chi connectivity index (χ0n) is 11.4. The summed E-state index contributed by atoms with van der Waals surface area (Å²) in [6, 6.07) is 1.40. The summed E-state index contributed by atoms with van der Waals surface area (Å²) in [4.78, 5) is 24.9. The SMILES string of the molecule is CC(=O)OC[C@H]1O[C@@H](n2ccc(=S)[nH]c2=O)C(C)(F)[C@H]1O. The van der Waals surface area contributed by atoms with Crippen molar-refractivity contribution in [1.82, 2.24) is 9.55 Å². The molecule has 1 fully saturated rings. The fourth-order valence-corrected chi connectivity index (χ4v) is 2.31. The number of aliphatic hydroxyl groups is 1. The second-order valence-corrected chi connectivity index (χ2v) is 5.38. The zero-order valence-corrected chi connectivity index (χ0v) is 12.2. The number of hydrogen-bond acceptors (Lipinski definition) is 6. The average molecular weight is 318 g/mol. The highest BCUT2D eigenvalue weighted by molar-refractivity contribution is 7.71. The molecule has 1 aliphatic heterocycles. The molecule has 9 heteroatoms. The number of aliphatic hydroxyl groups excluding tert-OH is 1. The van der Waals surface area contributed by atoms with E-state index in [1.165, 1.54) is 19.2 Å². The summed E-state index contributed by atoms with van der Waals surface area (Å²) in [5.41, 5.74) is -2.89. The molecule has 0 aliphatic carbocycles. The summed E-state index contributed by atoms with van der Waals surface area (Å²) in [7, 11) is 0. The number of nitrogens with zero attached hydrogens (tertiary/aromatic N) is 1. The van der Waals surface area contributed by atoms with Gasteiger partial charge >= 0.3 is 11.7 Å². The first kappa shape index (κ1) is 15.8. The standard InChI is InChI=1S/C12H15FN2O5S/c1-6(16)19-5-7-9(17)12(2,13)10(20-7)15-4-3-8(21)14-11(15)18/h3-4,7,9-10,17H,5H2,1-2H3,(H,14,18,21)/t7-,9+,10-,12?/m1/s1. The second kappa shape index (κ2) is 5.66. The molecule has 1 aromatic rings. The van der Waals surface area contributed by atoms with E-state index in [0.29, 0.717) is 0 Å². The number of H-pyrrole nitrogens is 1. The Morgan fingerprint density at radius 3 is 2.95 bits per heavy atom. The molecule has 116 valence electrons. The lowest BCUT2D eigenvalue weighted by Crippen LogP contribution is -2.43. The summed E-state index contributed by atoms with van der Waals surface area (Å²) in [5, 5.41) is 9.97. The van der Waals surface area contributed by atoms with Crippen molar-refractivity contribution in [3.05, 3.63) is 27.4 Å². The maximum absolute atomic E-state index is 14.7. The molecule has 21 heavy (non-hydrogen) atoms. The summed E-state index contributed by atoms with van der Waals surface area (Å²) in [6.07, 6.45) is -2.68. The second-order valence-electron chi connectivity index (χ2n) is 4.94. The number of ether oxygens (including phenoxy) is 2. The Morgan fingerprint density at radius 2 is 2.38 bits per heavy atom. The number of halogens is 1. The molecule has 0 amide bonds. The van der Waals surface area contributed by atoms with Gasteiger partial charge in [0.1, 0.15) is 23.5 Å². The van der Waals surface area contributed by atoms with E-state index in [1.54, 1.807) is 0 Å². The van der Waals surface area contributed by atoms with E-state index in [4.69, 9.17) is 21.7 Å². The molecule has 2 rings (SSSR count). The first-order valence-electron chi connectivity index (χ1n) is 6.20. The molecule has 7 nitrogen and oxygen atoms in total. The third kappa shape index (κ3) is 3.04. The minimum absolute atomic E-state index is 0.201. The van der Waals surface area contributed by atoms with E-state index in [0.717, 1.165) is 11.5 Å². The molecule has 0 spiro atoms. The quantitative estimate of drug-likeness (QED) is 0.621. The van der Waals surface area contributed by atoms with Crippen LogP contribution >= 0.6 is 12.2 Å². The minimum atomic E-state index is -2.23. The van der Waals surface area contributed by atoms with Gasteiger partial charge in [0.2, 0.25) is 0 Å². The third-order valence-corrected chi connectivity index (χ3v) is 3.51. The highest BCUT2D eigenvalue weighted by Crippen LogP contribution is 2.40. The van der Waals surface area contributed by atoms with Gasteiger partial charge in [-0.3, -0.25) is 14.3 Å². The Morgan fingerprint density at radius 1 is 1.71 bits per heavy atom. The molecule has 1 unspecified atom stereocenters. The van der Waals surface area contributed by atoms with Crippen LogP contribution in [0.25, 0.3) is 0 Å². The predicted octanol–water partition coefficient (Wildman–Crippen LogP) is 0.455. The van der Waals surface area contributed by atoms with Crippen molar-refractivity contribution in [3.63, 3.8) is 0 Å². The topological polar surface area (TPSA) is 93.5 Å². The Bertz CT molecular complexity index is 656. The van der Waals surface area contributed by atoms with Crippen LogP contribution in [0.4, 0.5) is 4.39 Å². The van der Waals surface area contributed by atoms with Crippen molar-refractivity contribution in [1.29, 1.82) is 0 Å². The van der Waals surface area contributed by atoms with Gasteiger partial charge in [-0.25, -0.2) is 9.18 Å². The lowest BCUT2D eigenvalue weighted by molar-refractivity contribution is -0.147. The van der Waals surface area contributed by atoms with Gasteiger partial charge in [-0.1, -0.05) is 12.2 Å². The largest absolute Gasteiger partial charge is 0.463 e. The molecule has 1 aromatic heterocycles. The number of carbonyl (C=O) groups excluding carboxylic acids is 1. The Hall–Kier alpha value is -1.58. The maximum atomic E-state index is 14.7. The van der Waals surface area contributed by atoms with Crippen molar-refractivity contribution < 1.29 is 23.8 Å². The number of aromatic amines is 1. The monoisotopic (exact) mass is 318 g/mol. The van der Waals surface area contributed by atoms with Crippen LogP contribution in [0.5, 0.6) is 0 Å². The van der Waals surface area contributed by atoms with Gasteiger partial charge in [0, 0.05) is 13.1 Å². The van der Waals surface area contributed by atoms with Crippen LogP contribution in [-0.2, 0) is 14.3 Å². The van der Waals surface area contributed by atoms with Gasteiger partial charge in [0.05, 0.1) is 0 Å². The molecule has 2 heterocycles. The number of esters is 1. The smallest absolute Gasteiger partial charge is 0.328 e. The number of aromatic nitrogens is 2. The number of alkyl halides is 1. The van der Waals surface area contributed by atoms with E-state index in [2.05, 4.69) is 4.98 Å². The molecule has 4 atom stereocenters. The molecule has 0 aromatic carbocycles. The van der Waals surface area contributed by atoms with Crippen molar-refractivity contribution in [2.75, 3.05) is 6.61 Å². The van der Waals surface area contributed by atoms with Crippen molar-refractivity contribution >= 4 is 18.2 Å². The molecule has 2 N–H and O–H groups in total. The van der Waals surface area contributed by atoms with Gasteiger partial charge in [0.25, 0.3) is 0 Å². The highest BCUT2D eigenvalue weighted by atomic mass is 32.1. The molecular formula is C12H15FN2O5S. The minimum Gasteiger partial charge on any atom is -0.463 e. The van der Waals surface area contributed by atoms with Gasteiger partial charge in [-0.15, -0.1) is 0 Å². The van der Waals surface area contributed by atoms with Gasteiger partial charge in [-0.05, 0) is 13.0 Å². The van der Waals surface area contributed by atoms with Crippen molar-refractivity contribution in [3.8, 4) is 0 Å². The fraction of sp³-hybridized carbons (Fsp3) is 0.583. The Balaban J connectivity index is 2.29. The van der Waals surface area contributed by atoms with Crippen LogP contribution in [0.2, 0.25) is 0 Å². The first-order chi connectivity index (χ1) is 9.73. The summed E-state index contributed by atoms with van der Waals surface area (Å²) in [6.45, 7) is 2.00. The van der Waals surface area contributed by atoms with Crippen molar-refractivity contribution in [2.45, 2.75) is 38.0 Å². The van der Waals surface area contributed by atoms with Gasteiger partial charge in [-0.2, -0.15) is 0 Å². The molecule has 1 aliphatic rings. The fourth-order valence-electron chi connectivity index (χ4n) is 2.16. The summed E-state index contributed by atoms with van der Waals surface area (Å²) in [5.74, 6) is -0.573. The van der Waals surface area contributed by atoms with Gasteiger partial charge in [0.15, 0.2) is 11.9 Å². The average Bonchev–Trinajstić information content (AvgIpc) is 2.60. The van der Waals surface area contributed by atoms with Crippen LogP contribution in [0.15, 0.2) is 17.1 Å². The Labute approximate surface area is 124 Å². The maximum Gasteiger partial charge on any atom is 0.328 e. The molecule has 0 radical (unpaired) electrons. The van der Waals surface area contributed by atoms with Crippen LogP contribution in [0, 0.1) is 4.64 Å². The van der Waals surface area contributed by atoms with E-state index in [9.17, 15) is 19.1 Å². The Kier molecular flexibility index (Phi) is 4.26. The zero-order chi connectivity index (χ0) is 15.8. The predicted molar refractivity (Wildman–Crippen MR) is 71.9 cm³/mol. The molecule has 0 saturated carbocycles. The highest BCUT2D eigenvalue weighted by Gasteiger charge is 2.55. The van der Waals surface area contributed by atoms with E-state index in [-0.39, 0.29) is 11.2 Å². The molecular weight excluding hydrogens is 303 g/mol. The number of nitrogens with one attached hydrogen (secondary N) is 1.